The van der Waals surface area contributed by atoms with Crippen LogP contribution in [0.2, 0.25) is 0 Å². The zero-order valence-electron chi connectivity index (χ0n) is 25.1. The molecule has 2 aliphatic heterocycles. The van der Waals surface area contributed by atoms with Crippen molar-refractivity contribution in [2.75, 3.05) is 39.9 Å². The standard InChI is InChI=1S/C33H44N2O6/c1-6-9-10-18-40-27-15-12-23(21-28(27)39-5)30-29(31(36)24-13-14-26-25(20-24)19-22(4)41-26)32(37)33(38)35(30)17-11-16-34(7-2)8-3/h12-15,20-22,30,36H,6-11,16-19H2,1-5H3/t22-,30+/m0/s1. The topological polar surface area (TPSA) is 88.5 Å². The molecule has 1 N–H and O–H groups in total. The number of methoxy groups -OCH3 is 1. The highest BCUT2D eigenvalue weighted by molar-refractivity contribution is 6.46. The number of ether oxygens (including phenoxy) is 3. The number of unbranched alkanes of at least 4 members (excludes halogenated alkanes) is 2. The van der Waals surface area contributed by atoms with Gasteiger partial charge in [0.1, 0.15) is 17.6 Å². The van der Waals surface area contributed by atoms with E-state index >= 15 is 0 Å². The molecule has 41 heavy (non-hydrogen) atoms. The second-order valence-corrected chi connectivity index (χ2v) is 10.8. The van der Waals surface area contributed by atoms with E-state index in [4.69, 9.17) is 14.2 Å². The van der Waals surface area contributed by atoms with Gasteiger partial charge in [0.15, 0.2) is 11.5 Å². The molecule has 8 heteroatoms. The molecule has 2 aromatic carbocycles. The van der Waals surface area contributed by atoms with Gasteiger partial charge in [0.25, 0.3) is 11.7 Å². The number of ketones is 1. The summed E-state index contributed by atoms with van der Waals surface area (Å²) in [6.07, 6.45) is 4.59. The number of hydrogen-bond donors (Lipinski definition) is 1. The maximum absolute atomic E-state index is 13.5. The first-order valence-corrected chi connectivity index (χ1v) is 14.9. The fourth-order valence-electron chi connectivity index (χ4n) is 5.69. The number of nitrogens with zero attached hydrogens (tertiary/aromatic N) is 2. The van der Waals surface area contributed by atoms with Crippen LogP contribution in [0.3, 0.4) is 0 Å². The summed E-state index contributed by atoms with van der Waals surface area (Å²) in [7, 11) is 1.58. The minimum Gasteiger partial charge on any atom is -0.507 e. The fourth-order valence-corrected chi connectivity index (χ4v) is 5.69. The maximum Gasteiger partial charge on any atom is 0.295 e. The van der Waals surface area contributed by atoms with E-state index in [9.17, 15) is 14.7 Å². The summed E-state index contributed by atoms with van der Waals surface area (Å²) in [5.41, 5.74) is 2.24. The average Bonchev–Trinajstić information content (AvgIpc) is 3.48. The van der Waals surface area contributed by atoms with E-state index in [0.29, 0.717) is 42.2 Å². The SMILES string of the molecule is CCCCCOc1ccc([C@@H]2C(=C(O)c3ccc4c(c3)C[C@H](C)O4)C(=O)C(=O)N2CCCN(CC)CC)cc1OC. The Balaban J connectivity index is 1.73. The maximum atomic E-state index is 13.5. The molecule has 1 saturated heterocycles. The first-order valence-electron chi connectivity index (χ1n) is 14.9. The van der Waals surface area contributed by atoms with Crippen molar-refractivity contribution in [3.63, 3.8) is 0 Å². The third kappa shape index (κ3) is 6.70. The van der Waals surface area contributed by atoms with E-state index in [1.807, 2.05) is 37.3 Å². The number of aliphatic hydroxyl groups is 1. The third-order valence-corrected chi connectivity index (χ3v) is 7.99. The molecule has 2 heterocycles. The van der Waals surface area contributed by atoms with Gasteiger partial charge in [-0.05, 0) is 80.9 Å². The summed E-state index contributed by atoms with van der Waals surface area (Å²) < 4.78 is 17.5. The van der Waals surface area contributed by atoms with Crippen molar-refractivity contribution in [1.82, 2.24) is 9.80 Å². The number of carbonyl (C=O) groups is 2. The Morgan fingerprint density at radius 1 is 1.05 bits per heavy atom. The van der Waals surface area contributed by atoms with Crippen LogP contribution in [-0.2, 0) is 16.0 Å². The van der Waals surface area contributed by atoms with Gasteiger partial charge in [-0.2, -0.15) is 0 Å². The van der Waals surface area contributed by atoms with Crippen molar-refractivity contribution in [3.8, 4) is 17.2 Å². The van der Waals surface area contributed by atoms with E-state index in [-0.39, 0.29) is 17.4 Å². The third-order valence-electron chi connectivity index (χ3n) is 7.99. The van der Waals surface area contributed by atoms with E-state index in [1.165, 1.54) is 0 Å². The van der Waals surface area contributed by atoms with Gasteiger partial charge >= 0.3 is 0 Å². The van der Waals surface area contributed by atoms with Gasteiger partial charge in [-0.25, -0.2) is 0 Å². The molecule has 222 valence electrons. The zero-order chi connectivity index (χ0) is 29.5. The molecular formula is C33H44N2O6. The van der Waals surface area contributed by atoms with E-state index in [0.717, 1.165) is 56.6 Å². The number of aliphatic hydroxyl groups excluding tert-OH is 1. The van der Waals surface area contributed by atoms with Gasteiger partial charge in [0.05, 0.1) is 25.3 Å². The number of rotatable bonds is 14. The smallest absolute Gasteiger partial charge is 0.295 e. The quantitative estimate of drug-likeness (QED) is 0.135. The highest BCUT2D eigenvalue weighted by Crippen LogP contribution is 2.43. The number of benzene rings is 2. The molecule has 2 aliphatic rings. The Labute approximate surface area is 243 Å². The van der Waals surface area contributed by atoms with Gasteiger partial charge in [0.2, 0.25) is 0 Å². The molecule has 8 nitrogen and oxygen atoms in total. The summed E-state index contributed by atoms with van der Waals surface area (Å²) in [5.74, 6) is 0.449. The fraction of sp³-hybridized carbons (Fsp3) is 0.515. The Morgan fingerprint density at radius 2 is 1.83 bits per heavy atom. The first-order chi connectivity index (χ1) is 19.8. The lowest BCUT2D eigenvalue weighted by molar-refractivity contribution is -0.140. The van der Waals surface area contributed by atoms with Crippen LogP contribution < -0.4 is 14.2 Å². The predicted molar refractivity (Wildman–Crippen MR) is 160 cm³/mol. The lowest BCUT2D eigenvalue weighted by Crippen LogP contribution is -2.33. The molecule has 0 aromatic heterocycles. The lowest BCUT2D eigenvalue weighted by Gasteiger charge is -2.27. The molecule has 2 atom stereocenters. The Hall–Kier alpha value is -3.52. The second kappa shape index (κ2) is 13.9. The van der Waals surface area contributed by atoms with Crippen LogP contribution in [0.15, 0.2) is 42.0 Å². The Kier molecular flexibility index (Phi) is 10.3. The number of likely N-dealkylation sites (tertiary alicyclic amines) is 1. The average molecular weight is 565 g/mol. The van der Waals surface area contributed by atoms with Crippen molar-refractivity contribution in [1.29, 1.82) is 0 Å². The number of carbonyl (C=O) groups excluding carboxylic acids is 2. The molecular weight excluding hydrogens is 520 g/mol. The molecule has 0 saturated carbocycles. The van der Waals surface area contributed by atoms with Crippen LogP contribution >= 0.6 is 0 Å². The van der Waals surface area contributed by atoms with Crippen LogP contribution in [0.1, 0.15) is 76.1 Å². The number of Topliss-reactive ketones (excluding diaryl/α,β-unsaturated/α-hetero) is 1. The van der Waals surface area contributed by atoms with E-state index in [1.54, 1.807) is 18.1 Å². The van der Waals surface area contributed by atoms with Gasteiger partial charge in [-0.15, -0.1) is 0 Å². The largest absolute Gasteiger partial charge is 0.507 e. The zero-order valence-corrected chi connectivity index (χ0v) is 25.1. The van der Waals surface area contributed by atoms with Crippen molar-refractivity contribution in [3.05, 3.63) is 58.7 Å². The summed E-state index contributed by atoms with van der Waals surface area (Å²) in [5, 5.41) is 11.6. The molecule has 0 bridgehead atoms. The predicted octanol–water partition coefficient (Wildman–Crippen LogP) is 5.74. The number of amides is 1. The summed E-state index contributed by atoms with van der Waals surface area (Å²) in [6, 6.07) is 10.2. The minimum atomic E-state index is -0.752. The normalized spacial score (nSPS) is 19.5. The minimum absolute atomic E-state index is 0.0500. The van der Waals surface area contributed by atoms with E-state index < -0.39 is 17.7 Å². The molecule has 0 aliphatic carbocycles. The van der Waals surface area contributed by atoms with Crippen molar-refractivity contribution in [2.24, 2.45) is 0 Å². The molecule has 1 amide bonds. The highest BCUT2D eigenvalue weighted by atomic mass is 16.5. The van der Waals surface area contributed by atoms with Crippen LogP contribution in [-0.4, -0.2) is 72.6 Å². The van der Waals surface area contributed by atoms with Crippen LogP contribution in [0, 0.1) is 0 Å². The summed E-state index contributed by atoms with van der Waals surface area (Å²) in [6.45, 7) is 11.9. The van der Waals surface area contributed by atoms with Gasteiger partial charge < -0.3 is 29.1 Å². The first kappa shape index (κ1) is 30.4. The second-order valence-electron chi connectivity index (χ2n) is 10.8. The monoisotopic (exact) mass is 564 g/mol. The lowest BCUT2D eigenvalue weighted by atomic mass is 9.94. The molecule has 1 fully saturated rings. The van der Waals surface area contributed by atoms with Crippen LogP contribution in [0.4, 0.5) is 0 Å². The molecule has 0 unspecified atom stereocenters. The summed E-state index contributed by atoms with van der Waals surface area (Å²) >= 11 is 0. The Morgan fingerprint density at radius 3 is 2.54 bits per heavy atom. The van der Waals surface area contributed by atoms with Gasteiger partial charge in [-0.3, -0.25) is 9.59 Å². The van der Waals surface area contributed by atoms with Crippen molar-refractivity contribution < 1.29 is 28.9 Å². The van der Waals surface area contributed by atoms with Crippen molar-refractivity contribution in [2.45, 2.75) is 71.9 Å². The van der Waals surface area contributed by atoms with E-state index in [2.05, 4.69) is 25.7 Å². The van der Waals surface area contributed by atoms with Crippen molar-refractivity contribution >= 4 is 17.4 Å². The van der Waals surface area contributed by atoms with Crippen LogP contribution in [0.25, 0.3) is 5.76 Å². The molecule has 0 radical (unpaired) electrons. The molecule has 2 aromatic rings. The van der Waals surface area contributed by atoms with Gasteiger partial charge in [-0.1, -0.05) is 39.7 Å². The van der Waals surface area contributed by atoms with Crippen LogP contribution in [0.5, 0.6) is 17.2 Å². The Bertz CT molecular complexity index is 1270. The number of fused-ring (bicyclic) bond motifs is 1. The molecule has 4 rings (SSSR count). The van der Waals surface area contributed by atoms with Gasteiger partial charge in [0, 0.05) is 18.5 Å². The summed E-state index contributed by atoms with van der Waals surface area (Å²) in [4.78, 5) is 30.9. The molecule has 0 spiro atoms. The number of hydrogen-bond acceptors (Lipinski definition) is 7. The highest BCUT2D eigenvalue weighted by Gasteiger charge is 2.46.